The summed E-state index contributed by atoms with van der Waals surface area (Å²) in [6.07, 6.45) is 0.109. The van der Waals surface area contributed by atoms with Crippen LogP contribution in [-0.4, -0.2) is 11.9 Å². The van der Waals surface area contributed by atoms with Crippen molar-refractivity contribution in [3.8, 4) is 0 Å². The van der Waals surface area contributed by atoms with Crippen LogP contribution in [0.15, 0.2) is 41.8 Å². The number of hydrogen-bond acceptors (Lipinski definition) is 3. The molecule has 2 aromatic rings. The zero-order valence-electron chi connectivity index (χ0n) is 12.6. The molecule has 122 valence electrons. The van der Waals surface area contributed by atoms with E-state index in [1.807, 2.05) is 42.6 Å². The molecule has 1 aromatic heterocycles. The molecule has 1 aromatic carbocycles. The van der Waals surface area contributed by atoms with Crippen molar-refractivity contribution in [1.82, 2.24) is 10.6 Å². The molecule has 4 N–H and O–H groups in total. The van der Waals surface area contributed by atoms with Crippen molar-refractivity contribution < 1.29 is 9.59 Å². The zero-order chi connectivity index (χ0) is 16.8. The highest BCUT2D eigenvalue weighted by atomic mass is 35.5. The lowest BCUT2D eigenvalue weighted by Gasteiger charge is -2.19. The SMILES string of the molecule is C[C@@H](NC(=O)C[C@@H](NC(N)=O)c1cccs1)c1ccccc1Cl. The fourth-order valence-corrected chi connectivity index (χ4v) is 3.35. The highest BCUT2D eigenvalue weighted by Gasteiger charge is 2.20. The van der Waals surface area contributed by atoms with Gasteiger partial charge in [-0.1, -0.05) is 35.9 Å². The average Bonchev–Trinajstić information content (AvgIpc) is 3.00. The smallest absolute Gasteiger partial charge is 0.312 e. The van der Waals surface area contributed by atoms with Gasteiger partial charge in [-0.2, -0.15) is 0 Å². The standard InChI is InChI=1S/C16H18ClN3O2S/c1-10(11-5-2-3-6-12(11)17)19-15(21)9-13(20-16(18)22)14-7-4-8-23-14/h2-8,10,13H,9H2,1H3,(H,19,21)(H3,18,20,22)/t10-,13-/m1/s1. The van der Waals surface area contributed by atoms with Crippen LogP contribution in [0.25, 0.3) is 0 Å². The van der Waals surface area contributed by atoms with Crippen LogP contribution in [0.5, 0.6) is 0 Å². The second-order valence-corrected chi connectivity index (χ2v) is 6.48. The Morgan fingerprint density at radius 2 is 1.96 bits per heavy atom. The fraction of sp³-hybridized carbons (Fsp3) is 0.250. The van der Waals surface area contributed by atoms with Gasteiger partial charge in [0.15, 0.2) is 0 Å². The Kier molecular flexibility index (Phi) is 6.01. The first-order chi connectivity index (χ1) is 11.0. The second kappa shape index (κ2) is 7.99. The van der Waals surface area contributed by atoms with E-state index in [9.17, 15) is 9.59 Å². The quantitative estimate of drug-likeness (QED) is 0.745. The van der Waals surface area contributed by atoms with E-state index in [0.29, 0.717) is 5.02 Å². The molecule has 5 nitrogen and oxygen atoms in total. The van der Waals surface area contributed by atoms with Crippen LogP contribution in [0.1, 0.15) is 35.9 Å². The summed E-state index contributed by atoms with van der Waals surface area (Å²) in [6, 6.07) is 9.75. The minimum Gasteiger partial charge on any atom is -0.352 e. The van der Waals surface area contributed by atoms with Crippen LogP contribution in [0, 0.1) is 0 Å². The molecule has 0 fully saturated rings. The topological polar surface area (TPSA) is 84.2 Å². The molecule has 3 amide bonds. The van der Waals surface area contributed by atoms with Gasteiger partial charge in [-0.15, -0.1) is 11.3 Å². The van der Waals surface area contributed by atoms with E-state index in [1.54, 1.807) is 6.07 Å². The van der Waals surface area contributed by atoms with Crippen molar-refractivity contribution in [3.63, 3.8) is 0 Å². The first-order valence-corrected chi connectivity index (χ1v) is 8.36. The molecule has 0 bridgehead atoms. The molecular formula is C16H18ClN3O2S. The number of thiophene rings is 1. The molecule has 7 heteroatoms. The zero-order valence-corrected chi connectivity index (χ0v) is 14.2. The summed E-state index contributed by atoms with van der Waals surface area (Å²) in [6.45, 7) is 1.86. The Labute approximate surface area is 143 Å². The number of rotatable bonds is 6. The van der Waals surface area contributed by atoms with Gasteiger partial charge in [0.05, 0.1) is 18.5 Å². The van der Waals surface area contributed by atoms with Crippen LogP contribution in [0.4, 0.5) is 4.79 Å². The molecule has 0 saturated heterocycles. The Bertz CT molecular complexity index is 676. The summed E-state index contributed by atoms with van der Waals surface area (Å²) in [4.78, 5) is 24.3. The van der Waals surface area contributed by atoms with Gasteiger partial charge in [0.25, 0.3) is 0 Å². The largest absolute Gasteiger partial charge is 0.352 e. The lowest BCUT2D eigenvalue weighted by Crippen LogP contribution is -2.36. The molecule has 23 heavy (non-hydrogen) atoms. The molecule has 0 radical (unpaired) electrons. The van der Waals surface area contributed by atoms with Crippen molar-refractivity contribution in [2.45, 2.75) is 25.4 Å². The lowest BCUT2D eigenvalue weighted by molar-refractivity contribution is -0.122. The number of carbonyl (C=O) groups excluding carboxylic acids is 2. The number of hydrogen-bond donors (Lipinski definition) is 3. The summed E-state index contributed by atoms with van der Waals surface area (Å²) in [5.41, 5.74) is 6.04. The Morgan fingerprint density at radius 3 is 2.57 bits per heavy atom. The fourth-order valence-electron chi connectivity index (χ4n) is 2.27. The number of benzene rings is 1. The third-order valence-corrected chi connectivity index (χ3v) is 4.67. The maximum absolute atomic E-state index is 12.3. The van der Waals surface area contributed by atoms with E-state index >= 15 is 0 Å². The van der Waals surface area contributed by atoms with Crippen molar-refractivity contribution >= 4 is 34.9 Å². The van der Waals surface area contributed by atoms with Crippen LogP contribution < -0.4 is 16.4 Å². The van der Waals surface area contributed by atoms with E-state index in [0.717, 1.165) is 10.4 Å². The maximum Gasteiger partial charge on any atom is 0.312 e. The number of carbonyl (C=O) groups is 2. The minimum absolute atomic E-state index is 0.109. The first-order valence-electron chi connectivity index (χ1n) is 7.10. The summed E-state index contributed by atoms with van der Waals surface area (Å²) in [5.74, 6) is -0.190. The molecule has 0 aliphatic carbocycles. The van der Waals surface area contributed by atoms with Crippen molar-refractivity contribution in [2.75, 3.05) is 0 Å². The second-order valence-electron chi connectivity index (χ2n) is 5.09. The van der Waals surface area contributed by atoms with Crippen molar-refractivity contribution in [3.05, 3.63) is 57.2 Å². The third kappa shape index (κ3) is 4.97. The molecular weight excluding hydrogens is 334 g/mol. The van der Waals surface area contributed by atoms with Gasteiger partial charge in [0.1, 0.15) is 0 Å². The molecule has 2 atom stereocenters. The Morgan fingerprint density at radius 1 is 1.22 bits per heavy atom. The maximum atomic E-state index is 12.3. The Hall–Kier alpha value is -2.05. The minimum atomic E-state index is -0.657. The van der Waals surface area contributed by atoms with Crippen molar-refractivity contribution in [2.24, 2.45) is 5.73 Å². The number of nitrogens with one attached hydrogen (secondary N) is 2. The molecule has 0 spiro atoms. The van der Waals surface area contributed by atoms with Crippen molar-refractivity contribution in [1.29, 1.82) is 0 Å². The van der Waals surface area contributed by atoms with Gasteiger partial charge in [-0.3, -0.25) is 4.79 Å². The molecule has 0 aliphatic heterocycles. The van der Waals surface area contributed by atoms with Crippen LogP contribution in [0.3, 0.4) is 0 Å². The normalized spacial score (nSPS) is 13.1. The third-order valence-electron chi connectivity index (χ3n) is 3.34. The predicted octanol–water partition coefficient (Wildman–Crippen LogP) is 3.38. The summed E-state index contributed by atoms with van der Waals surface area (Å²) in [5, 5.41) is 7.98. The van der Waals surface area contributed by atoms with E-state index in [2.05, 4.69) is 10.6 Å². The molecule has 0 saturated carbocycles. The summed E-state index contributed by atoms with van der Waals surface area (Å²) >= 11 is 7.60. The van der Waals surface area contributed by atoms with E-state index < -0.39 is 12.1 Å². The predicted molar refractivity (Wildman–Crippen MR) is 92.4 cm³/mol. The number of halogens is 1. The lowest BCUT2D eigenvalue weighted by atomic mass is 10.1. The van der Waals surface area contributed by atoms with Gasteiger partial charge in [-0.25, -0.2) is 4.79 Å². The molecule has 1 heterocycles. The molecule has 2 rings (SSSR count). The van der Waals surface area contributed by atoms with Crippen LogP contribution >= 0.6 is 22.9 Å². The van der Waals surface area contributed by atoms with Gasteiger partial charge in [0.2, 0.25) is 5.91 Å². The Balaban J connectivity index is 2.02. The van der Waals surface area contributed by atoms with Crippen LogP contribution in [0.2, 0.25) is 5.02 Å². The van der Waals surface area contributed by atoms with Gasteiger partial charge < -0.3 is 16.4 Å². The van der Waals surface area contributed by atoms with E-state index in [1.165, 1.54) is 11.3 Å². The molecule has 0 aliphatic rings. The molecule has 0 unspecified atom stereocenters. The summed E-state index contributed by atoms with van der Waals surface area (Å²) in [7, 11) is 0. The number of nitrogens with two attached hydrogens (primary N) is 1. The number of urea groups is 1. The first kappa shape index (κ1) is 17.3. The number of amides is 3. The van der Waals surface area contributed by atoms with Gasteiger partial charge >= 0.3 is 6.03 Å². The highest BCUT2D eigenvalue weighted by molar-refractivity contribution is 7.10. The van der Waals surface area contributed by atoms with Gasteiger partial charge in [-0.05, 0) is 30.0 Å². The van der Waals surface area contributed by atoms with E-state index in [-0.39, 0.29) is 18.4 Å². The van der Waals surface area contributed by atoms with E-state index in [4.69, 9.17) is 17.3 Å². The average molecular weight is 352 g/mol. The van der Waals surface area contributed by atoms with Gasteiger partial charge in [0, 0.05) is 9.90 Å². The summed E-state index contributed by atoms with van der Waals surface area (Å²) < 4.78 is 0. The highest BCUT2D eigenvalue weighted by Crippen LogP contribution is 2.24. The van der Waals surface area contributed by atoms with Crippen LogP contribution in [-0.2, 0) is 4.79 Å². The monoisotopic (exact) mass is 351 g/mol. The number of primary amides is 1.